The molecule has 41 heavy (non-hydrogen) atoms. The Labute approximate surface area is 228 Å². The number of carbonyl (C=O) groups excluding carboxylic acids is 2. The normalized spacial score (nSPS) is 21.6. The fourth-order valence-electron chi connectivity index (χ4n) is 6.13. The van der Waals surface area contributed by atoms with Crippen LogP contribution in [0, 0.1) is 5.82 Å². The van der Waals surface area contributed by atoms with E-state index in [1.165, 1.54) is 17.7 Å². The van der Waals surface area contributed by atoms with Gasteiger partial charge in [0.2, 0.25) is 6.10 Å². The van der Waals surface area contributed by atoms with Crippen molar-refractivity contribution in [3.8, 4) is 17.1 Å². The van der Waals surface area contributed by atoms with Gasteiger partial charge in [0.05, 0.1) is 42.2 Å². The molecule has 4 heterocycles. The third-order valence-electron chi connectivity index (χ3n) is 8.14. The fraction of sp³-hybridized carbons (Fsp3) is 0.407. The first kappa shape index (κ1) is 27.1. The molecular formula is C27H23F4N3O7. The number of esters is 1. The van der Waals surface area contributed by atoms with E-state index in [1.807, 2.05) is 0 Å². The van der Waals surface area contributed by atoms with Crippen molar-refractivity contribution in [3.05, 3.63) is 56.1 Å². The number of rotatable bonds is 4. The average Bonchev–Trinajstić information content (AvgIpc) is 3.29. The largest absolute Gasteiger partial charge is 0.493 e. The maximum absolute atomic E-state index is 15.1. The molecule has 0 spiro atoms. The number of ether oxygens (including phenoxy) is 2. The maximum Gasteiger partial charge on any atom is 0.423 e. The van der Waals surface area contributed by atoms with Crippen LogP contribution in [0.1, 0.15) is 53.6 Å². The van der Waals surface area contributed by atoms with Gasteiger partial charge in [0, 0.05) is 28.1 Å². The molecule has 10 nitrogen and oxygen atoms in total. The lowest BCUT2D eigenvalue weighted by Gasteiger charge is -2.31. The Morgan fingerprint density at radius 2 is 2.02 bits per heavy atom. The molecule has 1 amide bonds. The minimum atomic E-state index is -5.20. The number of hydrogen-bond donors (Lipinski definition) is 3. The van der Waals surface area contributed by atoms with Crippen LogP contribution in [0.2, 0.25) is 0 Å². The van der Waals surface area contributed by atoms with Crippen LogP contribution < -0.4 is 15.6 Å². The highest BCUT2D eigenvalue weighted by molar-refractivity contribution is 5.95. The summed E-state index contributed by atoms with van der Waals surface area (Å²) in [5, 5.41) is 23.3. The lowest BCUT2D eigenvalue weighted by Crippen LogP contribution is -2.45. The van der Waals surface area contributed by atoms with Crippen molar-refractivity contribution in [2.75, 3.05) is 7.11 Å². The van der Waals surface area contributed by atoms with Crippen molar-refractivity contribution in [2.45, 2.75) is 63.3 Å². The van der Waals surface area contributed by atoms with Crippen molar-refractivity contribution in [1.29, 1.82) is 0 Å². The van der Waals surface area contributed by atoms with Gasteiger partial charge in [-0.25, -0.2) is 14.2 Å². The number of benzene rings is 1. The number of halogens is 4. The number of aliphatic hydroxyl groups excluding tert-OH is 1. The van der Waals surface area contributed by atoms with Crippen LogP contribution in [0.4, 0.5) is 17.6 Å². The fourth-order valence-corrected chi connectivity index (χ4v) is 6.13. The molecule has 3 N–H and O–H groups in total. The summed E-state index contributed by atoms with van der Waals surface area (Å²) in [4.78, 5) is 43.1. The van der Waals surface area contributed by atoms with E-state index in [0.717, 1.165) is 6.07 Å². The second kappa shape index (κ2) is 8.98. The lowest BCUT2D eigenvalue weighted by molar-refractivity contribution is -0.205. The Morgan fingerprint density at radius 1 is 1.29 bits per heavy atom. The number of fused-ring (bicyclic) bond motifs is 5. The topological polar surface area (TPSA) is 140 Å². The summed E-state index contributed by atoms with van der Waals surface area (Å²) in [6.07, 6.45) is -8.41. The molecule has 0 bridgehead atoms. The van der Waals surface area contributed by atoms with E-state index in [4.69, 9.17) is 9.47 Å². The van der Waals surface area contributed by atoms with E-state index in [-0.39, 0.29) is 66.2 Å². The summed E-state index contributed by atoms with van der Waals surface area (Å²) >= 11 is 0. The van der Waals surface area contributed by atoms with Gasteiger partial charge in [-0.1, -0.05) is 6.92 Å². The van der Waals surface area contributed by atoms with Crippen molar-refractivity contribution in [2.24, 2.45) is 0 Å². The van der Waals surface area contributed by atoms with Crippen LogP contribution in [0.15, 0.2) is 16.9 Å². The number of hydrogen-bond acceptors (Lipinski definition) is 8. The van der Waals surface area contributed by atoms with E-state index >= 15 is 4.39 Å². The molecule has 1 aromatic carbocycles. The standard InChI is InChI=1S/C27H23F4N3O7/c1-3-26(39)13-6-17-20-11(8-34(17)24(37)12(13)9-41-25(26)38)19-15(33-23(36)22(35)27(29,30)31)5-4-10-18(19)16(32-20)7-14(28)21(10)40-2/h6-7,15,22,35,39H,3-5,8-9H2,1-2H3,(H,33,36)/t15?,22?,26-/m0/s1. The molecule has 2 unspecified atom stereocenters. The molecule has 1 aliphatic carbocycles. The highest BCUT2D eigenvalue weighted by atomic mass is 19.4. The Hall–Kier alpha value is -4.04. The monoisotopic (exact) mass is 577 g/mol. The van der Waals surface area contributed by atoms with Gasteiger partial charge >= 0.3 is 12.1 Å². The van der Waals surface area contributed by atoms with Crippen LogP contribution in [-0.4, -0.2) is 51.0 Å². The van der Waals surface area contributed by atoms with Crippen LogP contribution in [0.25, 0.3) is 22.3 Å². The summed E-state index contributed by atoms with van der Waals surface area (Å²) in [5.74, 6) is -3.38. The summed E-state index contributed by atoms with van der Waals surface area (Å²) < 4.78 is 66.0. The molecule has 2 aliphatic heterocycles. The molecule has 14 heteroatoms. The Balaban J connectivity index is 1.61. The second-order valence-corrected chi connectivity index (χ2v) is 10.3. The zero-order valence-electron chi connectivity index (χ0n) is 21.7. The van der Waals surface area contributed by atoms with Crippen molar-refractivity contribution in [3.63, 3.8) is 0 Å². The van der Waals surface area contributed by atoms with Crippen molar-refractivity contribution < 1.29 is 46.8 Å². The van der Waals surface area contributed by atoms with E-state index < -0.39 is 47.2 Å². The van der Waals surface area contributed by atoms with Crippen molar-refractivity contribution in [1.82, 2.24) is 14.9 Å². The number of cyclic esters (lactones) is 1. The highest BCUT2D eigenvalue weighted by Crippen LogP contribution is 2.47. The predicted octanol–water partition coefficient (Wildman–Crippen LogP) is 2.25. The van der Waals surface area contributed by atoms with Crippen LogP contribution in [0.5, 0.6) is 5.75 Å². The third-order valence-corrected chi connectivity index (χ3v) is 8.14. The first-order valence-corrected chi connectivity index (χ1v) is 12.8. The molecule has 2 aromatic heterocycles. The molecular weight excluding hydrogens is 554 g/mol. The summed E-state index contributed by atoms with van der Waals surface area (Å²) in [7, 11) is 1.27. The second-order valence-electron chi connectivity index (χ2n) is 10.3. The number of nitrogens with one attached hydrogen (secondary N) is 1. The van der Waals surface area contributed by atoms with Crippen LogP contribution in [0.3, 0.4) is 0 Å². The summed E-state index contributed by atoms with van der Waals surface area (Å²) in [5.41, 5.74) is -0.970. The van der Waals surface area contributed by atoms with Gasteiger partial charge in [-0.05, 0) is 30.9 Å². The zero-order chi connectivity index (χ0) is 29.6. The van der Waals surface area contributed by atoms with Gasteiger partial charge in [-0.2, -0.15) is 13.2 Å². The SMILES string of the molecule is CC[C@@]1(O)C(=O)OCc2c1cc1n(c2=O)Cc2c-1nc1cc(F)c(OC)c3c1c2C(NC(=O)C(O)C(F)(F)F)CC3. The maximum atomic E-state index is 15.1. The Bertz CT molecular complexity index is 1740. The molecule has 3 atom stereocenters. The predicted molar refractivity (Wildman–Crippen MR) is 132 cm³/mol. The molecule has 3 aromatic rings. The lowest BCUT2D eigenvalue weighted by atomic mass is 9.82. The first-order chi connectivity index (χ1) is 19.3. The minimum Gasteiger partial charge on any atom is -0.493 e. The minimum absolute atomic E-state index is 0.0361. The van der Waals surface area contributed by atoms with Gasteiger partial charge in [-0.3, -0.25) is 9.59 Å². The molecule has 3 aliphatic rings. The molecule has 0 radical (unpaired) electrons. The highest BCUT2D eigenvalue weighted by Gasteiger charge is 2.47. The Morgan fingerprint density at radius 3 is 2.68 bits per heavy atom. The van der Waals surface area contributed by atoms with Crippen LogP contribution in [-0.2, 0) is 39.5 Å². The summed E-state index contributed by atoms with van der Waals surface area (Å²) in [6.45, 7) is 1.07. The number of methoxy groups -OCH3 is 1. The third kappa shape index (κ3) is 3.76. The number of alkyl halides is 3. The quantitative estimate of drug-likeness (QED) is 0.248. The number of nitrogens with zero attached hydrogens (tertiary/aromatic N) is 2. The molecule has 0 saturated heterocycles. The number of pyridine rings is 2. The summed E-state index contributed by atoms with van der Waals surface area (Å²) in [6, 6.07) is 1.48. The van der Waals surface area contributed by atoms with Gasteiger partial charge < -0.3 is 29.6 Å². The van der Waals surface area contributed by atoms with Crippen LogP contribution >= 0.6 is 0 Å². The van der Waals surface area contributed by atoms with E-state index in [2.05, 4.69) is 10.3 Å². The number of aliphatic hydroxyl groups is 2. The average molecular weight is 577 g/mol. The van der Waals surface area contributed by atoms with Crippen molar-refractivity contribution >= 4 is 22.8 Å². The van der Waals surface area contributed by atoms with Gasteiger partial charge in [0.15, 0.2) is 17.2 Å². The van der Waals surface area contributed by atoms with Gasteiger partial charge in [0.1, 0.15) is 6.61 Å². The number of carbonyl (C=O) groups is 2. The molecule has 0 fully saturated rings. The number of amides is 1. The Kier molecular flexibility index (Phi) is 5.95. The zero-order valence-corrected chi connectivity index (χ0v) is 21.7. The van der Waals surface area contributed by atoms with E-state index in [1.54, 1.807) is 6.92 Å². The molecule has 6 rings (SSSR count). The van der Waals surface area contributed by atoms with E-state index in [9.17, 15) is 37.8 Å². The molecule has 216 valence electrons. The number of aryl methyl sites for hydroxylation is 1. The van der Waals surface area contributed by atoms with Gasteiger partial charge in [0.25, 0.3) is 11.5 Å². The number of aromatic nitrogens is 2. The van der Waals surface area contributed by atoms with Gasteiger partial charge in [-0.15, -0.1) is 0 Å². The first-order valence-electron chi connectivity index (χ1n) is 12.8. The molecule has 0 saturated carbocycles. The smallest absolute Gasteiger partial charge is 0.423 e. The van der Waals surface area contributed by atoms with E-state index in [0.29, 0.717) is 22.1 Å².